The highest BCUT2D eigenvalue weighted by Gasteiger charge is 2.48. The van der Waals surface area contributed by atoms with Gasteiger partial charge in [-0.3, -0.25) is 9.59 Å². The van der Waals surface area contributed by atoms with Gasteiger partial charge in [-0.25, -0.2) is 0 Å². The molecule has 0 saturated carbocycles. The number of esters is 1. The zero-order valence-corrected chi connectivity index (χ0v) is 15.7. The number of ether oxygens (including phenoxy) is 2. The third-order valence-corrected chi connectivity index (χ3v) is 3.78. The van der Waals surface area contributed by atoms with Crippen molar-refractivity contribution in [2.24, 2.45) is 5.41 Å². The number of benzene rings is 1. The van der Waals surface area contributed by atoms with Gasteiger partial charge >= 0.3 is 5.97 Å². The van der Waals surface area contributed by atoms with Gasteiger partial charge in [0.2, 0.25) is 0 Å². The molecule has 1 aromatic carbocycles. The first-order valence-electron chi connectivity index (χ1n) is 8.31. The standard InChI is InChI=1S/C21H28O4/c1-7-15-24-18(14-13-17-11-9-8-10-12-17)21(6,16(2)22)19(23)25-20(3,4)5/h7-14,18H,1,15H2,2-6H3/b14-13+/t18-,21-/m0/s1. The SMILES string of the molecule is C=CCO[C@@H](/C=C/c1ccccc1)[C@](C)(C(C)=O)C(=O)OC(C)(C)C. The van der Waals surface area contributed by atoms with Crippen molar-refractivity contribution in [1.82, 2.24) is 0 Å². The Morgan fingerprint density at radius 3 is 2.24 bits per heavy atom. The molecule has 0 heterocycles. The number of hydrogen-bond acceptors (Lipinski definition) is 4. The number of rotatable bonds is 8. The predicted octanol–water partition coefficient (Wildman–Crippen LogP) is 4.21. The second-order valence-corrected chi connectivity index (χ2v) is 7.07. The first-order chi connectivity index (χ1) is 11.6. The molecule has 1 rings (SSSR count). The summed E-state index contributed by atoms with van der Waals surface area (Å²) >= 11 is 0. The van der Waals surface area contributed by atoms with Crippen molar-refractivity contribution in [1.29, 1.82) is 0 Å². The molecule has 0 radical (unpaired) electrons. The van der Waals surface area contributed by atoms with E-state index in [9.17, 15) is 9.59 Å². The van der Waals surface area contributed by atoms with Crippen molar-refractivity contribution in [3.8, 4) is 0 Å². The Hall–Kier alpha value is -2.20. The van der Waals surface area contributed by atoms with Gasteiger partial charge in [0.1, 0.15) is 11.4 Å². The van der Waals surface area contributed by atoms with E-state index in [-0.39, 0.29) is 12.4 Å². The van der Waals surface area contributed by atoms with Gasteiger partial charge in [-0.15, -0.1) is 6.58 Å². The smallest absolute Gasteiger partial charge is 0.322 e. The molecule has 25 heavy (non-hydrogen) atoms. The molecule has 2 atom stereocenters. The number of ketones is 1. The molecule has 0 saturated heterocycles. The highest BCUT2D eigenvalue weighted by molar-refractivity contribution is 6.03. The Morgan fingerprint density at radius 2 is 1.76 bits per heavy atom. The fraction of sp³-hybridized carbons (Fsp3) is 0.429. The lowest BCUT2D eigenvalue weighted by Crippen LogP contribution is -2.49. The van der Waals surface area contributed by atoms with E-state index in [1.54, 1.807) is 39.8 Å². The fourth-order valence-corrected chi connectivity index (χ4v) is 2.19. The average molecular weight is 344 g/mol. The number of carbonyl (C=O) groups excluding carboxylic acids is 2. The Balaban J connectivity index is 3.21. The van der Waals surface area contributed by atoms with Crippen LogP contribution in [0.15, 0.2) is 49.1 Å². The van der Waals surface area contributed by atoms with Crippen LogP contribution in [-0.2, 0) is 19.1 Å². The van der Waals surface area contributed by atoms with Crippen LogP contribution < -0.4 is 0 Å². The van der Waals surface area contributed by atoms with Crippen LogP contribution in [0.2, 0.25) is 0 Å². The van der Waals surface area contributed by atoms with Gasteiger partial charge in [-0.1, -0.05) is 48.6 Å². The summed E-state index contributed by atoms with van der Waals surface area (Å²) in [5.74, 6) is -0.909. The minimum Gasteiger partial charge on any atom is -0.459 e. The minimum atomic E-state index is -1.44. The maximum atomic E-state index is 12.8. The van der Waals surface area contributed by atoms with Crippen LogP contribution in [0.4, 0.5) is 0 Å². The highest BCUT2D eigenvalue weighted by Crippen LogP contribution is 2.31. The topological polar surface area (TPSA) is 52.6 Å². The van der Waals surface area contributed by atoms with Gasteiger partial charge in [-0.05, 0) is 40.2 Å². The second kappa shape index (κ2) is 8.77. The summed E-state index contributed by atoms with van der Waals surface area (Å²) in [6.07, 6.45) is 4.38. The van der Waals surface area contributed by atoms with Crippen LogP contribution in [0.3, 0.4) is 0 Å². The molecule has 0 aliphatic heterocycles. The van der Waals surface area contributed by atoms with Crippen molar-refractivity contribution < 1.29 is 19.1 Å². The number of Topliss-reactive ketones (excluding diaryl/α,β-unsaturated/α-hetero) is 1. The molecule has 0 fully saturated rings. The van der Waals surface area contributed by atoms with Crippen LogP contribution in [-0.4, -0.2) is 30.1 Å². The van der Waals surface area contributed by atoms with Crippen molar-refractivity contribution >= 4 is 17.8 Å². The summed E-state index contributed by atoms with van der Waals surface area (Å²) in [5, 5.41) is 0. The van der Waals surface area contributed by atoms with Crippen LogP contribution in [0.25, 0.3) is 6.08 Å². The van der Waals surface area contributed by atoms with E-state index in [0.29, 0.717) is 0 Å². The third kappa shape index (κ3) is 5.98. The second-order valence-electron chi connectivity index (χ2n) is 7.07. The quantitative estimate of drug-likeness (QED) is 0.403. The lowest BCUT2D eigenvalue weighted by atomic mass is 9.79. The van der Waals surface area contributed by atoms with E-state index in [0.717, 1.165) is 5.56 Å². The Bertz CT molecular complexity index is 625. The van der Waals surface area contributed by atoms with E-state index in [1.807, 2.05) is 36.4 Å². The van der Waals surface area contributed by atoms with Crippen LogP contribution in [0.5, 0.6) is 0 Å². The van der Waals surface area contributed by atoms with E-state index in [1.165, 1.54) is 6.92 Å². The van der Waals surface area contributed by atoms with Gasteiger partial charge in [0.15, 0.2) is 5.41 Å². The molecule has 0 amide bonds. The average Bonchev–Trinajstić information content (AvgIpc) is 2.53. The van der Waals surface area contributed by atoms with Crippen molar-refractivity contribution in [3.63, 3.8) is 0 Å². The summed E-state index contributed by atoms with van der Waals surface area (Å²) in [7, 11) is 0. The molecule has 0 aliphatic carbocycles. The molecule has 0 aromatic heterocycles. The molecule has 0 aliphatic rings. The Morgan fingerprint density at radius 1 is 1.16 bits per heavy atom. The lowest BCUT2D eigenvalue weighted by Gasteiger charge is -2.34. The first kappa shape index (κ1) is 20.8. The maximum absolute atomic E-state index is 12.8. The van der Waals surface area contributed by atoms with E-state index in [2.05, 4.69) is 6.58 Å². The van der Waals surface area contributed by atoms with Crippen molar-refractivity contribution in [2.75, 3.05) is 6.61 Å². The summed E-state index contributed by atoms with van der Waals surface area (Å²) in [6.45, 7) is 12.1. The van der Waals surface area contributed by atoms with Gasteiger partial charge < -0.3 is 9.47 Å². The maximum Gasteiger partial charge on any atom is 0.322 e. The summed E-state index contributed by atoms with van der Waals surface area (Å²) < 4.78 is 11.2. The summed E-state index contributed by atoms with van der Waals surface area (Å²) in [4.78, 5) is 25.1. The van der Waals surface area contributed by atoms with Gasteiger partial charge in [0.25, 0.3) is 0 Å². The molecule has 4 nitrogen and oxygen atoms in total. The molecule has 1 aromatic rings. The summed E-state index contributed by atoms with van der Waals surface area (Å²) in [6, 6.07) is 9.61. The zero-order valence-electron chi connectivity index (χ0n) is 15.7. The van der Waals surface area contributed by atoms with E-state index in [4.69, 9.17) is 9.47 Å². The minimum absolute atomic E-state index is 0.218. The molecule has 0 unspecified atom stereocenters. The predicted molar refractivity (Wildman–Crippen MR) is 100 cm³/mol. The first-order valence-corrected chi connectivity index (χ1v) is 8.31. The van der Waals surface area contributed by atoms with Crippen molar-refractivity contribution in [3.05, 3.63) is 54.6 Å². The summed E-state index contributed by atoms with van der Waals surface area (Å²) in [5.41, 5.74) is -1.19. The van der Waals surface area contributed by atoms with Gasteiger partial charge in [0, 0.05) is 0 Å². The van der Waals surface area contributed by atoms with Gasteiger partial charge in [-0.2, -0.15) is 0 Å². The van der Waals surface area contributed by atoms with Crippen LogP contribution in [0, 0.1) is 5.41 Å². The fourth-order valence-electron chi connectivity index (χ4n) is 2.19. The molecular formula is C21H28O4. The molecule has 136 valence electrons. The molecule has 0 N–H and O–H groups in total. The van der Waals surface area contributed by atoms with Crippen LogP contribution in [0.1, 0.15) is 40.2 Å². The highest BCUT2D eigenvalue weighted by atomic mass is 16.6. The lowest BCUT2D eigenvalue weighted by molar-refractivity contribution is -0.175. The van der Waals surface area contributed by atoms with Crippen LogP contribution >= 0.6 is 0 Å². The molecule has 0 bridgehead atoms. The third-order valence-electron chi connectivity index (χ3n) is 3.78. The Kier molecular flexibility index (Phi) is 7.31. The van der Waals surface area contributed by atoms with Crippen molar-refractivity contribution in [2.45, 2.75) is 46.3 Å². The number of hydrogen-bond donors (Lipinski definition) is 0. The van der Waals surface area contributed by atoms with E-state index >= 15 is 0 Å². The molecule has 0 spiro atoms. The zero-order chi connectivity index (χ0) is 19.1. The monoisotopic (exact) mass is 344 g/mol. The normalized spacial score (nSPS) is 15.4. The van der Waals surface area contributed by atoms with E-state index < -0.39 is 23.1 Å². The largest absolute Gasteiger partial charge is 0.459 e. The molecular weight excluding hydrogens is 316 g/mol. The molecule has 4 heteroatoms. The van der Waals surface area contributed by atoms with Gasteiger partial charge in [0.05, 0.1) is 12.7 Å². The number of carbonyl (C=O) groups is 2. The Labute approximate surface area is 150 Å².